The predicted molar refractivity (Wildman–Crippen MR) is 87.8 cm³/mol. The third-order valence-corrected chi connectivity index (χ3v) is 4.50. The molecular weight excluding hydrogens is 258 g/mol. The summed E-state index contributed by atoms with van der Waals surface area (Å²) < 4.78 is 0. The third-order valence-electron chi connectivity index (χ3n) is 4.50. The zero-order valence-corrected chi connectivity index (χ0v) is 13.0. The van der Waals surface area contributed by atoms with Gasteiger partial charge in [-0.2, -0.15) is 0 Å². The molecule has 2 nitrogen and oxygen atoms in total. The molecule has 2 unspecified atom stereocenters. The number of β-amino-alcohol motifs (C(OH)–C–C–N with tert-alkyl or cyclic N) is 1. The first kappa shape index (κ1) is 14.2. The van der Waals surface area contributed by atoms with E-state index in [1.165, 1.54) is 22.4 Å². The van der Waals surface area contributed by atoms with Gasteiger partial charge in [0.05, 0.1) is 6.10 Å². The molecule has 110 valence electrons. The minimum absolute atomic E-state index is 0.445. The Morgan fingerprint density at radius 3 is 2.71 bits per heavy atom. The van der Waals surface area contributed by atoms with Crippen LogP contribution in [-0.2, 0) is 6.42 Å². The number of para-hydroxylation sites is 1. The van der Waals surface area contributed by atoms with Crippen molar-refractivity contribution in [2.45, 2.75) is 39.3 Å². The number of fused-ring (bicyclic) bond motifs is 1. The maximum Gasteiger partial charge on any atom is 0.0967 e. The van der Waals surface area contributed by atoms with Crippen LogP contribution in [0, 0.1) is 13.8 Å². The summed E-state index contributed by atoms with van der Waals surface area (Å²) in [6.45, 7) is 7.05. The van der Waals surface area contributed by atoms with Crippen LogP contribution in [0.15, 0.2) is 42.5 Å². The molecule has 2 aromatic carbocycles. The fourth-order valence-electron chi connectivity index (χ4n) is 3.39. The lowest BCUT2D eigenvalue weighted by atomic mass is 10.0. The van der Waals surface area contributed by atoms with Gasteiger partial charge in [-0.1, -0.05) is 42.0 Å². The number of hydrogen-bond acceptors (Lipinski definition) is 2. The average molecular weight is 281 g/mol. The first-order valence-electron chi connectivity index (χ1n) is 7.66. The molecule has 0 spiro atoms. The Labute approximate surface area is 127 Å². The van der Waals surface area contributed by atoms with Crippen LogP contribution in [0.1, 0.15) is 35.3 Å². The summed E-state index contributed by atoms with van der Waals surface area (Å²) >= 11 is 0. The zero-order valence-electron chi connectivity index (χ0n) is 13.0. The highest BCUT2D eigenvalue weighted by atomic mass is 16.3. The second-order valence-electron chi connectivity index (χ2n) is 6.21. The summed E-state index contributed by atoms with van der Waals surface area (Å²) in [4.78, 5) is 2.33. The molecule has 1 aliphatic rings. The van der Waals surface area contributed by atoms with E-state index in [2.05, 4.69) is 68.1 Å². The summed E-state index contributed by atoms with van der Waals surface area (Å²) in [7, 11) is 0. The van der Waals surface area contributed by atoms with Gasteiger partial charge in [-0.3, -0.25) is 0 Å². The lowest BCUT2D eigenvalue weighted by Gasteiger charge is -2.28. The number of anilines is 1. The van der Waals surface area contributed by atoms with Crippen molar-refractivity contribution >= 4 is 5.69 Å². The van der Waals surface area contributed by atoms with Gasteiger partial charge in [0.2, 0.25) is 0 Å². The molecule has 0 amide bonds. The van der Waals surface area contributed by atoms with E-state index in [1.54, 1.807) is 0 Å². The van der Waals surface area contributed by atoms with Gasteiger partial charge in [-0.25, -0.2) is 0 Å². The molecule has 2 atom stereocenters. The van der Waals surface area contributed by atoms with Gasteiger partial charge in [-0.05, 0) is 49.9 Å². The van der Waals surface area contributed by atoms with Gasteiger partial charge in [0.15, 0.2) is 0 Å². The largest absolute Gasteiger partial charge is 0.387 e. The minimum Gasteiger partial charge on any atom is -0.387 e. The van der Waals surface area contributed by atoms with Crippen LogP contribution < -0.4 is 4.90 Å². The van der Waals surface area contributed by atoms with Gasteiger partial charge in [0.1, 0.15) is 0 Å². The molecule has 0 fully saturated rings. The maximum absolute atomic E-state index is 10.7. The van der Waals surface area contributed by atoms with Crippen molar-refractivity contribution in [1.82, 2.24) is 0 Å². The SMILES string of the molecule is Cc1ccc(C(O)CN2c3ccccc3CC2C)c(C)c1. The van der Waals surface area contributed by atoms with Crippen molar-refractivity contribution < 1.29 is 5.11 Å². The van der Waals surface area contributed by atoms with Gasteiger partial charge < -0.3 is 10.0 Å². The van der Waals surface area contributed by atoms with E-state index < -0.39 is 6.10 Å². The van der Waals surface area contributed by atoms with Crippen LogP contribution in [0.4, 0.5) is 5.69 Å². The number of aliphatic hydroxyl groups excluding tert-OH is 1. The van der Waals surface area contributed by atoms with Gasteiger partial charge >= 0.3 is 0 Å². The lowest BCUT2D eigenvalue weighted by Crippen LogP contribution is -2.33. The molecule has 0 saturated heterocycles. The Morgan fingerprint density at radius 2 is 1.95 bits per heavy atom. The molecular formula is C19H23NO. The van der Waals surface area contributed by atoms with E-state index in [-0.39, 0.29) is 0 Å². The van der Waals surface area contributed by atoms with Crippen molar-refractivity contribution in [1.29, 1.82) is 0 Å². The number of nitrogens with zero attached hydrogens (tertiary/aromatic N) is 1. The topological polar surface area (TPSA) is 23.5 Å². The first-order chi connectivity index (χ1) is 10.1. The zero-order chi connectivity index (χ0) is 15.0. The number of rotatable bonds is 3. The van der Waals surface area contributed by atoms with Crippen LogP contribution in [0.3, 0.4) is 0 Å². The fourth-order valence-corrected chi connectivity index (χ4v) is 3.39. The van der Waals surface area contributed by atoms with Crippen molar-refractivity contribution in [2.75, 3.05) is 11.4 Å². The molecule has 0 bridgehead atoms. The van der Waals surface area contributed by atoms with Crippen LogP contribution in [0.2, 0.25) is 0 Å². The Balaban J connectivity index is 1.83. The summed E-state index contributed by atoms with van der Waals surface area (Å²) in [5.41, 5.74) is 6.11. The van der Waals surface area contributed by atoms with Gasteiger partial charge in [0, 0.05) is 18.3 Å². The van der Waals surface area contributed by atoms with E-state index >= 15 is 0 Å². The Morgan fingerprint density at radius 1 is 1.19 bits per heavy atom. The second kappa shape index (κ2) is 5.53. The molecule has 2 aromatic rings. The molecule has 1 aliphatic heterocycles. The average Bonchev–Trinajstić information content (AvgIpc) is 2.75. The molecule has 1 heterocycles. The molecule has 1 N–H and O–H groups in total. The molecule has 3 rings (SSSR count). The molecule has 0 aliphatic carbocycles. The Bertz CT molecular complexity index is 650. The summed E-state index contributed by atoms with van der Waals surface area (Å²) in [5.74, 6) is 0. The highest BCUT2D eigenvalue weighted by Crippen LogP contribution is 2.33. The molecule has 0 saturated carbocycles. The predicted octanol–water partition coefficient (Wildman–Crippen LogP) is 3.79. The summed E-state index contributed by atoms with van der Waals surface area (Å²) in [6, 6.07) is 15.2. The minimum atomic E-state index is -0.445. The number of benzene rings is 2. The number of aryl methyl sites for hydroxylation is 2. The van der Waals surface area contributed by atoms with E-state index in [1.807, 2.05) is 0 Å². The lowest BCUT2D eigenvalue weighted by molar-refractivity contribution is 0.181. The normalized spacial score (nSPS) is 18.7. The highest BCUT2D eigenvalue weighted by Gasteiger charge is 2.27. The number of aliphatic hydroxyl groups is 1. The van der Waals surface area contributed by atoms with E-state index in [9.17, 15) is 5.11 Å². The van der Waals surface area contributed by atoms with E-state index in [4.69, 9.17) is 0 Å². The molecule has 0 aromatic heterocycles. The van der Waals surface area contributed by atoms with Gasteiger partial charge in [0.25, 0.3) is 0 Å². The first-order valence-corrected chi connectivity index (χ1v) is 7.66. The Kier molecular flexibility index (Phi) is 3.73. The van der Waals surface area contributed by atoms with E-state index in [0.717, 1.165) is 12.0 Å². The third kappa shape index (κ3) is 2.68. The van der Waals surface area contributed by atoms with Crippen molar-refractivity contribution in [3.63, 3.8) is 0 Å². The maximum atomic E-state index is 10.7. The van der Waals surface area contributed by atoms with Crippen LogP contribution in [0.5, 0.6) is 0 Å². The van der Waals surface area contributed by atoms with Crippen LogP contribution in [0.25, 0.3) is 0 Å². The highest BCUT2D eigenvalue weighted by molar-refractivity contribution is 5.59. The Hall–Kier alpha value is -1.80. The quantitative estimate of drug-likeness (QED) is 0.925. The van der Waals surface area contributed by atoms with Crippen molar-refractivity contribution in [3.05, 3.63) is 64.7 Å². The van der Waals surface area contributed by atoms with Crippen molar-refractivity contribution in [3.8, 4) is 0 Å². The number of hydrogen-bond donors (Lipinski definition) is 1. The van der Waals surface area contributed by atoms with E-state index in [0.29, 0.717) is 12.6 Å². The summed E-state index contributed by atoms with van der Waals surface area (Å²) in [5, 5.41) is 10.7. The second-order valence-corrected chi connectivity index (χ2v) is 6.21. The summed E-state index contributed by atoms with van der Waals surface area (Å²) in [6.07, 6.45) is 0.620. The monoisotopic (exact) mass is 281 g/mol. The standard InChI is InChI=1S/C19H23NO/c1-13-8-9-17(14(2)10-13)19(21)12-20-15(3)11-16-6-4-5-7-18(16)20/h4-10,15,19,21H,11-12H2,1-3H3. The van der Waals surface area contributed by atoms with Crippen LogP contribution in [-0.4, -0.2) is 17.7 Å². The fraction of sp³-hybridized carbons (Fsp3) is 0.368. The molecule has 0 radical (unpaired) electrons. The molecule has 21 heavy (non-hydrogen) atoms. The van der Waals surface area contributed by atoms with Crippen molar-refractivity contribution in [2.24, 2.45) is 0 Å². The van der Waals surface area contributed by atoms with Gasteiger partial charge in [-0.15, -0.1) is 0 Å². The smallest absolute Gasteiger partial charge is 0.0967 e. The van der Waals surface area contributed by atoms with Crippen LogP contribution >= 0.6 is 0 Å². The molecule has 2 heteroatoms.